The number of nitrogens with one attached hydrogen (secondary N) is 3. The number of aliphatic hydroxyl groups excluding tert-OH is 1. The highest BCUT2D eigenvalue weighted by Crippen LogP contribution is 2.47. The number of urea groups is 1. The first kappa shape index (κ1) is 68.3. The van der Waals surface area contributed by atoms with Crippen LogP contribution in [0.3, 0.4) is 0 Å². The van der Waals surface area contributed by atoms with Crippen molar-refractivity contribution < 1.29 is 72.5 Å². The lowest BCUT2D eigenvalue weighted by Gasteiger charge is -2.32. The van der Waals surface area contributed by atoms with Gasteiger partial charge in [0.1, 0.15) is 24.4 Å². The standard InChI is InChI=1S/C56H76Cl2N10O14.CH4O/c1-56(2,3)63(4)54(75)52-46-38-82-48-34-47(77-5)44(33-45(48)53(46)68(62-52)43-31-40(57)30-41(58)32-43)39-7-6-8-42(29-39)61-55(76)60-10-22-79-24-26-81-28-27-80-25-23-78-21-9-59-49(70)35-65-13-11-64(19-20-69)12-14-66(36-50(71)72)17-18-67(16-15-65)37-51(73)74;1-2/h6-8,20,29-34H,9-19,21-28,35-38H2,1-5H3,(H,59,70)(H,71,72)(H,73,74)(H2,60,61,76);2H,1H3. The molecule has 3 aromatic carbocycles. The maximum atomic E-state index is 14.0. The Kier molecular flexibility index (Phi) is 28.5. The predicted molar refractivity (Wildman–Crippen MR) is 316 cm³/mol. The number of aromatic nitrogens is 2. The van der Waals surface area contributed by atoms with Crippen molar-refractivity contribution in [3.63, 3.8) is 0 Å². The SMILES string of the molecule is CO.COc1cc2c(cc1-c1cccc(NC(=O)NCCOCCOCCOCCOCCNC(=O)CN3CCN(CC=O)CCN(CC(=O)O)CCN(CC(=O)O)CC3)c1)-c1c(c(C(=O)N(C)C(C)(C)C)nn1-c1cc(Cl)cc(Cl)c1)CO2. The fraction of sp³-hybridized carbons (Fsp3) is 0.526. The number of halogens is 2. The Morgan fingerprint density at radius 1 is 0.702 bits per heavy atom. The Balaban J connectivity index is 0.00000638. The summed E-state index contributed by atoms with van der Waals surface area (Å²) in [6.07, 6.45) is 0.795. The number of aliphatic hydroxyl groups is 1. The second-order valence-electron chi connectivity index (χ2n) is 20.4. The summed E-state index contributed by atoms with van der Waals surface area (Å²) in [7, 11) is 4.30. The highest BCUT2D eigenvalue weighted by molar-refractivity contribution is 6.34. The quantitative estimate of drug-likeness (QED) is 0.0348. The molecule has 2 aliphatic rings. The van der Waals surface area contributed by atoms with Gasteiger partial charge in [0.25, 0.3) is 5.91 Å². The lowest BCUT2D eigenvalue weighted by molar-refractivity contribution is -0.140. The summed E-state index contributed by atoms with van der Waals surface area (Å²) in [6.45, 7) is 11.9. The number of carboxylic acids is 2. The average Bonchev–Trinajstić information content (AvgIpc) is 2.30. The molecule has 0 radical (unpaired) electrons. The number of carbonyl (C=O) groups excluding carboxylic acids is 4. The van der Waals surface area contributed by atoms with Crippen molar-refractivity contribution in [1.29, 1.82) is 0 Å². The number of hydrogen-bond acceptors (Lipinski definition) is 18. The van der Waals surface area contributed by atoms with Crippen LogP contribution in [0.5, 0.6) is 11.5 Å². The first-order chi connectivity index (χ1) is 40.3. The van der Waals surface area contributed by atoms with Gasteiger partial charge in [0, 0.05) is 124 Å². The van der Waals surface area contributed by atoms with Crippen molar-refractivity contribution in [2.75, 3.05) is 171 Å². The molecule has 0 aliphatic carbocycles. The van der Waals surface area contributed by atoms with Gasteiger partial charge in [-0.1, -0.05) is 35.3 Å². The van der Waals surface area contributed by atoms with Crippen LogP contribution < -0.4 is 25.4 Å². The van der Waals surface area contributed by atoms with Crippen LogP contribution >= 0.6 is 23.2 Å². The topological polar surface area (TPSA) is 289 Å². The monoisotopic (exact) mass is 1210 g/mol. The Labute approximate surface area is 499 Å². The van der Waals surface area contributed by atoms with Gasteiger partial charge < -0.3 is 69.4 Å². The van der Waals surface area contributed by atoms with E-state index < -0.39 is 23.5 Å². The van der Waals surface area contributed by atoms with Gasteiger partial charge in [-0.3, -0.25) is 38.8 Å². The van der Waals surface area contributed by atoms with Crippen LogP contribution in [0.1, 0.15) is 36.8 Å². The van der Waals surface area contributed by atoms with E-state index in [1.807, 2.05) is 54.8 Å². The van der Waals surface area contributed by atoms with Gasteiger partial charge in [-0.05, 0) is 62.7 Å². The van der Waals surface area contributed by atoms with Crippen molar-refractivity contribution in [1.82, 2.24) is 44.9 Å². The Bertz CT molecular complexity index is 2780. The van der Waals surface area contributed by atoms with Crippen LogP contribution in [-0.2, 0) is 44.7 Å². The van der Waals surface area contributed by atoms with Crippen molar-refractivity contribution in [3.05, 3.63) is 75.9 Å². The zero-order valence-electron chi connectivity index (χ0n) is 48.7. The predicted octanol–water partition coefficient (Wildman–Crippen LogP) is 3.79. The van der Waals surface area contributed by atoms with Gasteiger partial charge in [-0.25, -0.2) is 9.48 Å². The second kappa shape index (κ2) is 35.1. The van der Waals surface area contributed by atoms with Crippen LogP contribution in [0.25, 0.3) is 28.1 Å². The van der Waals surface area contributed by atoms with E-state index in [1.165, 1.54) is 0 Å². The Morgan fingerprint density at radius 3 is 1.75 bits per heavy atom. The number of nitrogens with zero attached hydrogens (tertiary/aromatic N) is 7. The maximum Gasteiger partial charge on any atom is 0.319 e. The molecular weight excluding hydrogens is 1140 g/mol. The third kappa shape index (κ3) is 21.9. The fourth-order valence-corrected chi connectivity index (χ4v) is 9.46. The summed E-state index contributed by atoms with van der Waals surface area (Å²) < 4.78 is 36.2. The lowest BCUT2D eigenvalue weighted by Crippen LogP contribution is -2.49. The highest BCUT2D eigenvalue weighted by Gasteiger charge is 2.35. The average molecular weight is 1220 g/mol. The number of carboxylic acid groups (broad SMARTS) is 2. The molecule has 0 unspecified atom stereocenters. The van der Waals surface area contributed by atoms with E-state index in [0.717, 1.165) is 19.0 Å². The summed E-state index contributed by atoms with van der Waals surface area (Å²) in [6, 6.07) is 15.7. The number of benzene rings is 3. The van der Waals surface area contributed by atoms with Crippen molar-refractivity contribution >= 4 is 65.0 Å². The first-order valence-corrected chi connectivity index (χ1v) is 28.2. The summed E-state index contributed by atoms with van der Waals surface area (Å²) in [4.78, 5) is 83.2. The molecule has 0 bridgehead atoms. The van der Waals surface area contributed by atoms with Crippen molar-refractivity contribution in [2.24, 2.45) is 0 Å². The lowest BCUT2D eigenvalue weighted by atomic mass is 9.95. The molecule has 462 valence electrons. The minimum atomic E-state index is -0.998. The number of anilines is 1. The van der Waals surface area contributed by atoms with Crippen LogP contribution in [0.4, 0.5) is 10.5 Å². The maximum absolute atomic E-state index is 14.0. The number of methoxy groups -OCH3 is 1. The fourth-order valence-electron chi connectivity index (χ4n) is 8.94. The number of ether oxygens (including phenoxy) is 6. The molecule has 25 nitrogen and oxygen atoms in total. The molecule has 0 saturated carbocycles. The van der Waals surface area contributed by atoms with E-state index in [2.05, 4.69) is 16.0 Å². The molecule has 4 aromatic rings. The van der Waals surface area contributed by atoms with E-state index in [0.29, 0.717) is 147 Å². The summed E-state index contributed by atoms with van der Waals surface area (Å²) in [5, 5.41) is 40.0. The molecular formula is C57H80Cl2N10O15. The molecule has 1 saturated heterocycles. The summed E-state index contributed by atoms with van der Waals surface area (Å²) in [5.41, 5.74) is 4.17. The number of aldehydes is 1. The minimum Gasteiger partial charge on any atom is -0.496 e. The third-order valence-corrected chi connectivity index (χ3v) is 13.9. The van der Waals surface area contributed by atoms with Crippen LogP contribution in [0, 0.1) is 0 Å². The molecule has 0 atom stereocenters. The van der Waals surface area contributed by atoms with E-state index in [4.69, 9.17) is 61.8 Å². The molecule has 2 aliphatic heterocycles. The van der Waals surface area contributed by atoms with Crippen molar-refractivity contribution in [2.45, 2.75) is 32.9 Å². The Hall–Kier alpha value is -6.49. The zero-order valence-corrected chi connectivity index (χ0v) is 50.2. The number of aliphatic carboxylic acids is 2. The molecule has 3 heterocycles. The molecule has 0 spiro atoms. The molecule has 1 fully saturated rings. The number of carbonyl (C=O) groups is 6. The summed E-state index contributed by atoms with van der Waals surface area (Å²) >= 11 is 13.0. The largest absolute Gasteiger partial charge is 0.496 e. The van der Waals surface area contributed by atoms with Gasteiger partial charge in [0.05, 0.1) is 97.5 Å². The zero-order chi connectivity index (χ0) is 61.2. The molecule has 27 heteroatoms. The van der Waals surface area contributed by atoms with E-state index in [1.54, 1.807) is 63.9 Å². The van der Waals surface area contributed by atoms with Gasteiger partial charge >= 0.3 is 18.0 Å². The molecule has 84 heavy (non-hydrogen) atoms. The molecule has 1 aromatic heterocycles. The van der Waals surface area contributed by atoms with Gasteiger partial charge in [-0.2, -0.15) is 5.10 Å². The van der Waals surface area contributed by atoms with Gasteiger partial charge in [0.15, 0.2) is 5.69 Å². The molecule has 6 N–H and O–H groups in total. The van der Waals surface area contributed by atoms with E-state index >= 15 is 0 Å². The van der Waals surface area contributed by atoms with Crippen LogP contribution in [0.2, 0.25) is 10.0 Å². The minimum absolute atomic E-state index is 0.0687. The number of rotatable bonds is 28. The number of hydrogen-bond donors (Lipinski definition) is 6. The van der Waals surface area contributed by atoms with Gasteiger partial charge in [0.2, 0.25) is 5.91 Å². The van der Waals surface area contributed by atoms with Gasteiger partial charge in [-0.15, -0.1) is 0 Å². The normalized spacial score (nSPS) is 14.5. The smallest absolute Gasteiger partial charge is 0.319 e. The van der Waals surface area contributed by atoms with Crippen molar-refractivity contribution in [3.8, 4) is 39.6 Å². The highest BCUT2D eigenvalue weighted by atomic mass is 35.5. The number of fused-ring (bicyclic) bond motifs is 3. The number of amides is 4. The van der Waals surface area contributed by atoms with Crippen LogP contribution in [0.15, 0.2) is 54.6 Å². The summed E-state index contributed by atoms with van der Waals surface area (Å²) in [5.74, 6) is -1.43. The second-order valence-corrected chi connectivity index (χ2v) is 21.3. The third-order valence-electron chi connectivity index (χ3n) is 13.5. The molecule has 4 amide bonds. The molecule has 6 rings (SSSR count). The van der Waals surface area contributed by atoms with Crippen LogP contribution in [-0.4, -0.2) is 257 Å². The Morgan fingerprint density at radius 2 is 1.23 bits per heavy atom. The van der Waals surface area contributed by atoms with E-state index in [-0.39, 0.29) is 76.6 Å². The first-order valence-electron chi connectivity index (χ1n) is 27.5. The van der Waals surface area contributed by atoms with E-state index in [9.17, 15) is 39.0 Å².